The van der Waals surface area contributed by atoms with Crippen LogP contribution in [0, 0.1) is 18.7 Å². The van der Waals surface area contributed by atoms with Crippen LogP contribution in [0.1, 0.15) is 53.0 Å². The zero-order valence-corrected chi connectivity index (χ0v) is 19.0. The Hall–Kier alpha value is -3.80. The third-order valence-corrected chi connectivity index (χ3v) is 5.01. The Morgan fingerprint density at radius 2 is 1.39 bits per heavy atom. The van der Waals surface area contributed by atoms with Gasteiger partial charge in [0.05, 0.1) is 0 Å². The molecule has 172 valence electrons. The van der Waals surface area contributed by atoms with E-state index in [9.17, 15) is 14.0 Å². The summed E-state index contributed by atoms with van der Waals surface area (Å²) >= 11 is 0. The van der Waals surface area contributed by atoms with Crippen LogP contribution < -0.4 is 5.32 Å². The van der Waals surface area contributed by atoms with Gasteiger partial charge in [0.1, 0.15) is 5.82 Å². The van der Waals surface area contributed by atoms with Gasteiger partial charge in [0.15, 0.2) is 5.78 Å². The third kappa shape index (κ3) is 7.10. The molecule has 0 unspecified atom stereocenters. The molecule has 2 N–H and O–H groups in total. The van der Waals surface area contributed by atoms with Crippen LogP contribution in [0.2, 0.25) is 0 Å². The lowest BCUT2D eigenvalue weighted by atomic mass is 10.0. The number of hydrogen-bond acceptors (Lipinski definition) is 3. The highest BCUT2D eigenvalue weighted by Gasteiger charge is 2.30. The summed E-state index contributed by atoms with van der Waals surface area (Å²) < 4.78 is 13.4. The van der Waals surface area contributed by atoms with Crippen molar-refractivity contribution in [3.05, 3.63) is 89.2 Å². The van der Waals surface area contributed by atoms with E-state index >= 15 is 0 Å². The highest BCUT2D eigenvalue weighted by molar-refractivity contribution is 6.04. The molecule has 4 rings (SSSR count). The average Bonchev–Trinajstić information content (AvgIpc) is 3.68. The molecule has 1 aliphatic carbocycles. The molecule has 0 heterocycles. The Morgan fingerprint density at radius 3 is 1.88 bits per heavy atom. The summed E-state index contributed by atoms with van der Waals surface area (Å²) in [6.07, 6.45) is 2.01. The molecule has 6 heteroatoms. The third-order valence-electron chi connectivity index (χ3n) is 5.01. The number of nitrogens with one attached hydrogen (secondary N) is 1. The molecular formula is C27H28FNO4. The summed E-state index contributed by atoms with van der Waals surface area (Å²) in [6, 6.07) is 19.4. The maximum absolute atomic E-state index is 13.4. The summed E-state index contributed by atoms with van der Waals surface area (Å²) in [6.45, 7) is 5.38. The number of carboxylic acid groups (broad SMARTS) is 1. The number of carbonyl (C=O) groups is 3. The van der Waals surface area contributed by atoms with Crippen molar-refractivity contribution in [2.45, 2.75) is 33.6 Å². The SMILES string of the molecule is CC.Cc1cc(C(=O)Nc2ccc(-c3ccc(C(=O)C4CC4)cc3)cc2)ccc1F.O=CO. The predicted molar refractivity (Wildman–Crippen MR) is 128 cm³/mol. The van der Waals surface area contributed by atoms with Gasteiger partial charge in [-0.1, -0.05) is 50.2 Å². The van der Waals surface area contributed by atoms with E-state index in [2.05, 4.69) is 5.32 Å². The van der Waals surface area contributed by atoms with Gasteiger partial charge in [-0.05, 0) is 66.8 Å². The second-order valence-electron chi connectivity index (χ2n) is 7.32. The Morgan fingerprint density at radius 1 is 0.909 bits per heavy atom. The fraction of sp³-hybridized carbons (Fsp3) is 0.222. The van der Waals surface area contributed by atoms with Crippen molar-refractivity contribution < 1.29 is 23.9 Å². The quantitative estimate of drug-likeness (QED) is 0.350. The number of ketones is 1. The average molecular weight is 450 g/mol. The zero-order chi connectivity index (χ0) is 24.4. The number of rotatable bonds is 5. The van der Waals surface area contributed by atoms with Crippen molar-refractivity contribution in [1.29, 1.82) is 0 Å². The van der Waals surface area contributed by atoms with Crippen LogP contribution >= 0.6 is 0 Å². The van der Waals surface area contributed by atoms with E-state index in [4.69, 9.17) is 9.90 Å². The van der Waals surface area contributed by atoms with Crippen molar-refractivity contribution in [2.24, 2.45) is 5.92 Å². The van der Waals surface area contributed by atoms with Crippen LogP contribution in [0.3, 0.4) is 0 Å². The minimum absolute atomic E-state index is 0.221. The van der Waals surface area contributed by atoms with Gasteiger partial charge in [-0.15, -0.1) is 0 Å². The molecule has 1 aliphatic rings. The van der Waals surface area contributed by atoms with Crippen LogP contribution in [0.5, 0.6) is 0 Å². The molecule has 0 saturated heterocycles. The minimum atomic E-state index is -0.328. The lowest BCUT2D eigenvalue weighted by Crippen LogP contribution is -2.12. The molecule has 0 aromatic heterocycles. The largest absolute Gasteiger partial charge is 0.483 e. The Balaban J connectivity index is 0.000000714. The number of benzene rings is 3. The monoisotopic (exact) mass is 449 g/mol. The Labute approximate surface area is 193 Å². The summed E-state index contributed by atoms with van der Waals surface area (Å²) in [7, 11) is 0. The summed E-state index contributed by atoms with van der Waals surface area (Å²) in [4.78, 5) is 32.8. The second kappa shape index (κ2) is 12.3. The van der Waals surface area contributed by atoms with Crippen molar-refractivity contribution in [3.63, 3.8) is 0 Å². The Bertz CT molecular complexity index is 1090. The van der Waals surface area contributed by atoms with Crippen LogP contribution in [0.4, 0.5) is 10.1 Å². The van der Waals surface area contributed by atoms with E-state index in [1.54, 1.807) is 6.92 Å². The first-order chi connectivity index (χ1) is 15.9. The zero-order valence-electron chi connectivity index (χ0n) is 19.0. The number of Topliss-reactive ketones (excluding diaryl/α,β-unsaturated/α-hetero) is 1. The number of anilines is 1. The molecule has 0 bridgehead atoms. The maximum Gasteiger partial charge on any atom is 0.290 e. The van der Waals surface area contributed by atoms with E-state index in [-0.39, 0.29) is 29.9 Å². The molecule has 3 aromatic rings. The van der Waals surface area contributed by atoms with E-state index in [1.165, 1.54) is 18.2 Å². The Kier molecular flexibility index (Phi) is 9.48. The van der Waals surface area contributed by atoms with E-state index in [0.717, 1.165) is 29.5 Å². The smallest absolute Gasteiger partial charge is 0.290 e. The lowest BCUT2D eigenvalue weighted by Gasteiger charge is -2.08. The first-order valence-corrected chi connectivity index (χ1v) is 10.8. The number of aryl methyl sites for hydroxylation is 1. The van der Waals surface area contributed by atoms with Crippen LogP contribution in [-0.2, 0) is 4.79 Å². The predicted octanol–water partition coefficient (Wildman–Crippen LogP) is 6.37. The van der Waals surface area contributed by atoms with Gasteiger partial charge in [0.25, 0.3) is 12.4 Å². The summed E-state index contributed by atoms with van der Waals surface area (Å²) in [5, 5.41) is 9.71. The first-order valence-electron chi connectivity index (χ1n) is 10.8. The molecule has 1 fully saturated rings. The number of carbonyl (C=O) groups excluding carboxylic acids is 2. The van der Waals surface area contributed by atoms with Gasteiger partial charge in [-0.2, -0.15) is 0 Å². The van der Waals surface area contributed by atoms with Crippen molar-refractivity contribution in [1.82, 2.24) is 0 Å². The van der Waals surface area contributed by atoms with Crippen molar-refractivity contribution in [3.8, 4) is 11.1 Å². The van der Waals surface area contributed by atoms with Gasteiger partial charge in [0.2, 0.25) is 0 Å². The van der Waals surface area contributed by atoms with E-state index in [1.807, 2.05) is 62.4 Å². The van der Waals surface area contributed by atoms with E-state index in [0.29, 0.717) is 16.8 Å². The second-order valence-corrected chi connectivity index (χ2v) is 7.32. The van der Waals surface area contributed by atoms with E-state index < -0.39 is 0 Å². The molecule has 0 radical (unpaired) electrons. The maximum atomic E-state index is 13.4. The number of halogens is 1. The molecule has 0 atom stereocenters. The van der Waals surface area contributed by atoms with Gasteiger partial charge in [-0.3, -0.25) is 14.4 Å². The van der Waals surface area contributed by atoms with Gasteiger partial charge < -0.3 is 10.4 Å². The molecular weight excluding hydrogens is 421 g/mol. The fourth-order valence-corrected chi connectivity index (χ4v) is 3.14. The van der Waals surface area contributed by atoms with Gasteiger partial charge in [-0.25, -0.2) is 4.39 Å². The summed E-state index contributed by atoms with van der Waals surface area (Å²) in [5.41, 5.74) is 4.30. The van der Waals surface area contributed by atoms with Gasteiger partial charge in [0, 0.05) is 22.7 Å². The molecule has 0 aliphatic heterocycles. The molecule has 0 spiro atoms. The molecule has 1 amide bonds. The molecule has 5 nitrogen and oxygen atoms in total. The highest BCUT2D eigenvalue weighted by Crippen LogP contribution is 2.33. The van der Waals surface area contributed by atoms with Crippen LogP contribution in [-0.4, -0.2) is 23.3 Å². The fourth-order valence-electron chi connectivity index (χ4n) is 3.14. The van der Waals surface area contributed by atoms with Crippen LogP contribution in [0.25, 0.3) is 11.1 Å². The van der Waals surface area contributed by atoms with Crippen LogP contribution in [0.15, 0.2) is 66.7 Å². The lowest BCUT2D eigenvalue weighted by molar-refractivity contribution is -0.122. The standard InChI is InChI=1S/C24H20FNO2.C2H6.CH2O2/c1-15-14-20(10-13-22(15)25)24(28)26-21-11-8-17(9-12-21)16-2-4-18(5-3-16)23(27)19-6-7-19;1-2;2-1-3/h2-5,8-14,19H,6-7H2,1H3,(H,26,28);1-2H3;1H,(H,2,3). The summed E-state index contributed by atoms with van der Waals surface area (Å²) in [5.74, 6) is -0.149. The van der Waals surface area contributed by atoms with Crippen molar-refractivity contribution >= 4 is 23.9 Å². The van der Waals surface area contributed by atoms with Gasteiger partial charge >= 0.3 is 0 Å². The molecule has 1 saturated carbocycles. The number of hydrogen-bond donors (Lipinski definition) is 2. The molecule has 3 aromatic carbocycles. The van der Waals surface area contributed by atoms with Crippen molar-refractivity contribution in [2.75, 3.05) is 5.32 Å². The first kappa shape index (κ1) is 25.5. The minimum Gasteiger partial charge on any atom is -0.483 e. The topological polar surface area (TPSA) is 83.5 Å². The molecule has 33 heavy (non-hydrogen) atoms. The number of amides is 1. The normalized spacial score (nSPS) is 11.8. The highest BCUT2D eigenvalue weighted by atomic mass is 19.1.